The number of nitrogen functional groups attached to an aromatic ring is 2. The lowest BCUT2D eigenvalue weighted by Crippen LogP contribution is -2.00. The van der Waals surface area contributed by atoms with E-state index in [0.717, 1.165) is 3.57 Å². The Morgan fingerprint density at radius 1 is 1.25 bits per heavy atom. The fourth-order valence-corrected chi connectivity index (χ4v) is 0.676. The highest BCUT2D eigenvalue weighted by Crippen LogP contribution is 2.15. The van der Waals surface area contributed by atoms with Crippen molar-refractivity contribution in [2.24, 2.45) is 0 Å². The molecule has 0 saturated heterocycles. The van der Waals surface area contributed by atoms with Gasteiger partial charge in [0.05, 0.1) is 3.57 Å². The summed E-state index contributed by atoms with van der Waals surface area (Å²) in [6, 6.07) is 0. The zero-order valence-electron chi connectivity index (χ0n) is 5.98. The number of aromatic nitrogens is 2. The van der Waals surface area contributed by atoms with Gasteiger partial charge in [-0.05, 0) is 22.6 Å². The minimum Gasteiger partial charge on any atom is -0.429 e. The first-order valence-electron chi connectivity index (χ1n) is 2.75. The Labute approximate surface area is 83.5 Å². The maximum absolute atomic E-state index is 7.00. The molecule has 65 valence electrons. The zero-order valence-corrected chi connectivity index (χ0v) is 8.13. The maximum atomic E-state index is 7.00. The predicted octanol–water partition coefficient (Wildman–Crippen LogP) is -1.25. The number of hydrogen-bond acceptors (Lipinski definition) is 6. The third-order valence-electron chi connectivity index (χ3n) is 0.843. The van der Waals surface area contributed by atoms with Crippen molar-refractivity contribution in [2.75, 3.05) is 11.5 Å². The van der Waals surface area contributed by atoms with Crippen molar-refractivity contribution >= 4 is 41.9 Å². The van der Waals surface area contributed by atoms with Gasteiger partial charge >= 0.3 is 7.69 Å². The van der Waals surface area contributed by atoms with Crippen LogP contribution in [0, 0.1) is 3.57 Å². The fraction of sp³-hybridized carbons (Fsp3) is 0. The Morgan fingerprint density at radius 2 is 1.58 bits per heavy atom. The van der Waals surface area contributed by atoms with E-state index in [1.807, 2.05) is 22.6 Å². The molecule has 6 N–H and O–H groups in total. The van der Waals surface area contributed by atoms with Gasteiger partial charge in [0.1, 0.15) is 18.0 Å². The molecule has 0 spiro atoms. The molecule has 12 heavy (non-hydrogen) atoms. The van der Waals surface area contributed by atoms with E-state index >= 15 is 0 Å². The Morgan fingerprint density at radius 3 is 1.83 bits per heavy atom. The summed E-state index contributed by atoms with van der Waals surface area (Å²) in [4.78, 5) is 7.44. The van der Waals surface area contributed by atoms with E-state index < -0.39 is 0 Å². The van der Waals surface area contributed by atoms with Crippen LogP contribution in [-0.4, -0.2) is 27.7 Å². The number of nitrogens with zero attached hydrogens (tertiary/aromatic N) is 2. The number of anilines is 2. The Kier molecular flexibility index (Phi) is 5.67. The van der Waals surface area contributed by atoms with Crippen LogP contribution in [-0.2, 0) is 0 Å². The van der Waals surface area contributed by atoms with Crippen LogP contribution in [0.15, 0.2) is 6.33 Å². The highest BCUT2D eigenvalue weighted by molar-refractivity contribution is 14.1. The largest absolute Gasteiger partial charge is 0.482 e. The van der Waals surface area contributed by atoms with Gasteiger partial charge in [0.2, 0.25) is 0 Å². The van der Waals surface area contributed by atoms with E-state index in [2.05, 4.69) is 9.97 Å². The van der Waals surface area contributed by atoms with E-state index in [9.17, 15) is 0 Å². The molecule has 0 aliphatic carbocycles. The number of hydrogen-bond donors (Lipinski definition) is 4. The van der Waals surface area contributed by atoms with Crippen LogP contribution in [0.25, 0.3) is 0 Å². The Bertz CT molecular complexity index is 228. The fourth-order valence-electron chi connectivity index (χ4n) is 0.398. The van der Waals surface area contributed by atoms with Gasteiger partial charge in [-0.15, -0.1) is 0 Å². The maximum Gasteiger partial charge on any atom is 0.482 e. The number of halogens is 1. The van der Waals surface area contributed by atoms with Crippen molar-refractivity contribution in [3.8, 4) is 0 Å². The zero-order chi connectivity index (χ0) is 9.56. The summed E-state index contributed by atoms with van der Waals surface area (Å²) in [5, 5.41) is 14.0. The normalized spacial score (nSPS) is 8.25. The van der Waals surface area contributed by atoms with Crippen LogP contribution in [0.2, 0.25) is 0 Å². The van der Waals surface area contributed by atoms with Crippen molar-refractivity contribution in [2.45, 2.75) is 0 Å². The first-order chi connectivity index (χ1) is 5.63. The highest BCUT2D eigenvalue weighted by atomic mass is 127. The average Bonchev–Trinajstić information content (AvgIpc) is 2.02. The van der Waals surface area contributed by atoms with Gasteiger partial charge in [-0.1, -0.05) is 0 Å². The molecule has 0 aliphatic rings. The lowest BCUT2D eigenvalue weighted by atomic mass is 10.5. The molecule has 0 unspecified atom stereocenters. The molecule has 0 fully saturated rings. The van der Waals surface area contributed by atoms with Gasteiger partial charge in [0.15, 0.2) is 0 Å². The molecule has 0 saturated carbocycles. The lowest BCUT2D eigenvalue weighted by molar-refractivity contribution is 0.448. The van der Waals surface area contributed by atoms with Crippen molar-refractivity contribution in [3.05, 3.63) is 9.90 Å². The van der Waals surface area contributed by atoms with E-state index in [0.29, 0.717) is 11.6 Å². The van der Waals surface area contributed by atoms with Crippen LogP contribution in [0.4, 0.5) is 11.6 Å². The van der Waals surface area contributed by atoms with Gasteiger partial charge in [-0.2, -0.15) is 0 Å². The minimum atomic E-state index is 0. The van der Waals surface area contributed by atoms with Gasteiger partial charge < -0.3 is 21.5 Å². The smallest absolute Gasteiger partial charge is 0.429 e. The molecular weight excluding hydrogens is 274 g/mol. The van der Waals surface area contributed by atoms with Crippen LogP contribution < -0.4 is 11.5 Å². The van der Waals surface area contributed by atoms with Crippen LogP contribution in [0.1, 0.15) is 0 Å². The molecule has 0 amide bonds. The third kappa shape index (κ3) is 3.69. The number of rotatable bonds is 0. The standard InChI is InChI=1S/C4H5IN4.BH2O2/c5-2-3(6)8-1-9-4(2)7;2-1-3/h1H,(H4,6,7,8,9);2-3H. The molecule has 1 aromatic rings. The lowest BCUT2D eigenvalue weighted by Gasteiger charge is -1.96. The van der Waals surface area contributed by atoms with E-state index in [4.69, 9.17) is 21.5 Å². The highest BCUT2D eigenvalue weighted by Gasteiger charge is 1.98. The Hall–Kier alpha value is -0.605. The summed E-state index contributed by atoms with van der Waals surface area (Å²) in [6.45, 7) is 0. The van der Waals surface area contributed by atoms with Gasteiger partial charge in [-0.25, -0.2) is 9.97 Å². The molecule has 1 radical (unpaired) electrons. The predicted molar refractivity (Wildman–Crippen MR) is 53.8 cm³/mol. The molecule has 8 heteroatoms. The van der Waals surface area contributed by atoms with E-state index in [1.165, 1.54) is 6.33 Å². The summed E-state index contributed by atoms with van der Waals surface area (Å²) in [6.07, 6.45) is 1.34. The molecule has 6 nitrogen and oxygen atoms in total. The van der Waals surface area contributed by atoms with Crippen LogP contribution >= 0.6 is 22.6 Å². The summed E-state index contributed by atoms with van der Waals surface area (Å²) in [7, 11) is 0. The van der Waals surface area contributed by atoms with Gasteiger partial charge in [-0.3, -0.25) is 0 Å². The molecule has 1 heterocycles. The summed E-state index contributed by atoms with van der Waals surface area (Å²) in [5.74, 6) is 0.867. The molecule has 0 aromatic carbocycles. The molecule has 1 rings (SSSR count). The van der Waals surface area contributed by atoms with E-state index in [-0.39, 0.29) is 7.69 Å². The molecule has 0 aliphatic heterocycles. The SMILES string of the molecule is Nc1ncnc(N)c1I.O[B]O. The molecule has 1 aromatic heterocycles. The Balaban J connectivity index is 0.000000354. The topological polar surface area (TPSA) is 118 Å². The summed E-state index contributed by atoms with van der Waals surface area (Å²) in [5.41, 5.74) is 10.8. The second-order valence-electron chi connectivity index (χ2n) is 1.57. The van der Waals surface area contributed by atoms with Crippen molar-refractivity contribution in [3.63, 3.8) is 0 Å². The quantitative estimate of drug-likeness (QED) is 0.348. The number of nitrogens with two attached hydrogens (primary N) is 2. The van der Waals surface area contributed by atoms with Gasteiger partial charge in [0.25, 0.3) is 0 Å². The minimum absolute atomic E-state index is 0. The average molecular weight is 281 g/mol. The molecule has 0 bridgehead atoms. The first kappa shape index (κ1) is 11.4. The van der Waals surface area contributed by atoms with Crippen LogP contribution in [0.5, 0.6) is 0 Å². The monoisotopic (exact) mass is 281 g/mol. The molecular formula is C4H7BIN4O2. The van der Waals surface area contributed by atoms with Crippen molar-refractivity contribution in [1.29, 1.82) is 0 Å². The first-order valence-corrected chi connectivity index (χ1v) is 3.83. The second kappa shape index (κ2) is 5.97. The van der Waals surface area contributed by atoms with Crippen LogP contribution in [0.3, 0.4) is 0 Å². The van der Waals surface area contributed by atoms with E-state index in [1.54, 1.807) is 0 Å². The van der Waals surface area contributed by atoms with Gasteiger partial charge in [0, 0.05) is 0 Å². The second-order valence-corrected chi connectivity index (χ2v) is 2.65. The van der Waals surface area contributed by atoms with Crippen molar-refractivity contribution in [1.82, 2.24) is 9.97 Å². The van der Waals surface area contributed by atoms with Crippen molar-refractivity contribution < 1.29 is 10.0 Å². The third-order valence-corrected chi connectivity index (χ3v) is 1.95. The summed E-state index contributed by atoms with van der Waals surface area (Å²) < 4.78 is 0.718. The molecule has 0 atom stereocenters. The summed E-state index contributed by atoms with van der Waals surface area (Å²) >= 11 is 1.99.